The zero-order valence-corrected chi connectivity index (χ0v) is 18.0. The van der Waals surface area contributed by atoms with E-state index in [0.29, 0.717) is 24.6 Å². The van der Waals surface area contributed by atoms with E-state index in [-0.39, 0.29) is 18.0 Å². The van der Waals surface area contributed by atoms with E-state index in [1.54, 1.807) is 14.2 Å². The van der Waals surface area contributed by atoms with Gasteiger partial charge < -0.3 is 24.8 Å². The van der Waals surface area contributed by atoms with E-state index < -0.39 is 5.60 Å². The molecule has 1 heterocycles. The van der Waals surface area contributed by atoms with Crippen molar-refractivity contribution in [2.45, 2.75) is 51.8 Å². The number of nitrogens with one attached hydrogen (secondary N) is 2. The number of methoxy groups -OCH3 is 2. The zero-order valence-electron chi connectivity index (χ0n) is 18.0. The summed E-state index contributed by atoms with van der Waals surface area (Å²) in [6, 6.07) is 5.65. The van der Waals surface area contributed by atoms with Crippen molar-refractivity contribution in [3.63, 3.8) is 0 Å². The summed E-state index contributed by atoms with van der Waals surface area (Å²) in [4.78, 5) is 26.2. The number of amides is 2. The number of hydrogen-bond donors (Lipinski definition) is 2. The van der Waals surface area contributed by atoms with Gasteiger partial charge in [0, 0.05) is 25.7 Å². The molecular formula is C21H33N3O5. The molecule has 162 valence electrons. The predicted octanol–water partition coefficient (Wildman–Crippen LogP) is 2.31. The highest BCUT2D eigenvalue weighted by Crippen LogP contribution is 2.27. The number of rotatable bonds is 7. The number of benzene rings is 1. The fraction of sp³-hybridized carbons (Fsp3) is 0.619. The van der Waals surface area contributed by atoms with Crippen LogP contribution in [0.3, 0.4) is 0 Å². The van der Waals surface area contributed by atoms with Crippen molar-refractivity contribution in [2.75, 3.05) is 33.9 Å². The molecule has 1 fully saturated rings. The van der Waals surface area contributed by atoms with Gasteiger partial charge in [-0.2, -0.15) is 0 Å². The Hall–Kier alpha value is -2.48. The summed E-state index contributed by atoms with van der Waals surface area (Å²) in [5.41, 5.74) is 0.438. The quantitative estimate of drug-likeness (QED) is 0.721. The van der Waals surface area contributed by atoms with Crippen LogP contribution in [0.1, 0.15) is 39.2 Å². The number of likely N-dealkylation sites (tertiary alicyclic amines) is 1. The molecule has 2 N–H and O–H groups in total. The Kier molecular flexibility index (Phi) is 8.13. The molecule has 1 aromatic rings. The maximum Gasteiger partial charge on any atom is 0.407 e. The summed E-state index contributed by atoms with van der Waals surface area (Å²) >= 11 is 0. The molecule has 0 radical (unpaired) electrons. The molecule has 2 amide bonds. The predicted molar refractivity (Wildman–Crippen MR) is 110 cm³/mol. The van der Waals surface area contributed by atoms with Crippen LogP contribution in [0.25, 0.3) is 0 Å². The monoisotopic (exact) mass is 407 g/mol. The van der Waals surface area contributed by atoms with Gasteiger partial charge in [0.25, 0.3) is 0 Å². The summed E-state index contributed by atoms with van der Waals surface area (Å²) in [5.74, 6) is 1.27. The van der Waals surface area contributed by atoms with Crippen molar-refractivity contribution in [1.82, 2.24) is 15.5 Å². The average Bonchev–Trinajstić information content (AvgIpc) is 2.66. The van der Waals surface area contributed by atoms with Crippen molar-refractivity contribution in [1.29, 1.82) is 0 Å². The summed E-state index contributed by atoms with van der Waals surface area (Å²) in [5, 5.41) is 5.84. The molecule has 0 spiro atoms. The van der Waals surface area contributed by atoms with Gasteiger partial charge in [0.2, 0.25) is 5.91 Å². The first-order valence-electron chi connectivity index (χ1n) is 9.89. The van der Waals surface area contributed by atoms with E-state index in [0.717, 1.165) is 31.5 Å². The number of alkyl carbamates (subject to hydrolysis) is 1. The van der Waals surface area contributed by atoms with Crippen molar-refractivity contribution in [2.24, 2.45) is 0 Å². The topological polar surface area (TPSA) is 89.1 Å². The fourth-order valence-corrected chi connectivity index (χ4v) is 3.16. The van der Waals surface area contributed by atoms with Gasteiger partial charge in [0.15, 0.2) is 11.5 Å². The van der Waals surface area contributed by atoms with E-state index in [2.05, 4.69) is 15.5 Å². The standard InChI is InChI=1S/C21H33N3O5/c1-21(2,3)29-20(26)23-16-8-10-24(11-9-16)14-19(25)22-13-15-6-7-17(27-4)18(12-15)28-5/h6-7,12,16H,8-11,13-14H2,1-5H3,(H,22,25)(H,23,26). The summed E-state index contributed by atoms with van der Waals surface area (Å²) in [6.07, 6.45) is 1.20. The maximum atomic E-state index is 12.3. The lowest BCUT2D eigenvalue weighted by Crippen LogP contribution is -2.48. The molecule has 1 aromatic carbocycles. The lowest BCUT2D eigenvalue weighted by Gasteiger charge is -2.32. The van der Waals surface area contributed by atoms with Gasteiger partial charge in [-0.25, -0.2) is 4.79 Å². The third kappa shape index (κ3) is 7.81. The Labute approximate surface area is 172 Å². The molecule has 8 heteroatoms. The zero-order chi connectivity index (χ0) is 21.4. The Balaban J connectivity index is 1.71. The Morgan fingerprint density at radius 3 is 2.34 bits per heavy atom. The number of ether oxygens (including phenoxy) is 3. The largest absolute Gasteiger partial charge is 0.493 e. The molecule has 1 aliphatic heterocycles. The minimum atomic E-state index is -0.503. The maximum absolute atomic E-state index is 12.3. The van der Waals surface area contributed by atoms with Crippen molar-refractivity contribution >= 4 is 12.0 Å². The lowest BCUT2D eigenvalue weighted by atomic mass is 10.1. The minimum absolute atomic E-state index is 0.0293. The van der Waals surface area contributed by atoms with E-state index in [9.17, 15) is 9.59 Å². The van der Waals surface area contributed by atoms with Crippen LogP contribution in [0.5, 0.6) is 11.5 Å². The summed E-state index contributed by atoms with van der Waals surface area (Å²) in [6.45, 7) is 7.80. The normalized spacial score (nSPS) is 15.5. The van der Waals surface area contributed by atoms with Crippen LogP contribution in [0.15, 0.2) is 18.2 Å². The fourth-order valence-electron chi connectivity index (χ4n) is 3.16. The van der Waals surface area contributed by atoms with Crippen LogP contribution in [0, 0.1) is 0 Å². The van der Waals surface area contributed by atoms with Gasteiger partial charge in [-0.05, 0) is 51.3 Å². The SMILES string of the molecule is COc1ccc(CNC(=O)CN2CCC(NC(=O)OC(C)(C)C)CC2)cc1OC. The van der Waals surface area contributed by atoms with Crippen LogP contribution in [-0.2, 0) is 16.1 Å². The summed E-state index contributed by atoms with van der Waals surface area (Å²) < 4.78 is 15.8. The molecule has 0 atom stereocenters. The molecule has 1 saturated heterocycles. The summed E-state index contributed by atoms with van der Waals surface area (Å²) in [7, 11) is 3.17. The number of nitrogens with zero attached hydrogens (tertiary/aromatic N) is 1. The highest BCUT2D eigenvalue weighted by molar-refractivity contribution is 5.78. The van der Waals surface area contributed by atoms with Crippen molar-refractivity contribution < 1.29 is 23.8 Å². The van der Waals surface area contributed by atoms with E-state index in [1.165, 1.54) is 0 Å². The van der Waals surface area contributed by atoms with E-state index >= 15 is 0 Å². The molecule has 0 unspecified atom stereocenters. The third-order valence-corrected chi connectivity index (χ3v) is 4.61. The van der Waals surface area contributed by atoms with Gasteiger partial charge >= 0.3 is 6.09 Å². The second-order valence-electron chi connectivity index (χ2n) is 8.16. The molecule has 0 saturated carbocycles. The van der Waals surface area contributed by atoms with Crippen LogP contribution in [0.4, 0.5) is 4.79 Å². The highest BCUT2D eigenvalue weighted by atomic mass is 16.6. The molecular weight excluding hydrogens is 374 g/mol. The first-order chi connectivity index (χ1) is 13.7. The Bertz CT molecular complexity index is 694. The van der Waals surface area contributed by atoms with E-state index in [4.69, 9.17) is 14.2 Å². The number of piperidine rings is 1. The molecule has 1 aliphatic rings. The Morgan fingerprint density at radius 2 is 1.76 bits per heavy atom. The first kappa shape index (κ1) is 22.8. The molecule has 2 rings (SSSR count). The number of carbonyl (C=O) groups is 2. The lowest BCUT2D eigenvalue weighted by molar-refractivity contribution is -0.122. The third-order valence-electron chi connectivity index (χ3n) is 4.61. The molecule has 8 nitrogen and oxygen atoms in total. The van der Waals surface area contributed by atoms with Gasteiger partial charge in [0.05, 0.1) is 20.8 Å². The second kappa shape index (κ2) is 10.3. The number of carbonyl (C=O) groups excluding carboxylic acids is 2. The molecule has 0 aliphatic carbocycles. The molecule has 29 heavy (non-hydrogen) atoms. The number of hydrogen-bond acceptors (Lipinski definition) is 6. The second-order valence-corrected chi connectivity index (χ2v) is 8.16. The van der Waals surface area contributed by atoms with Crippen molar-refractivity contribution in [3.05, 3.63) is 23.8 Å². The smallest absolute Gasteiger partial charge is 0.407 e. The van der Waals surface area contributed by atoms with Crippen LogP contribution >= 0.6 is 0 Å². The van der Waals surface area contributed by atoms with Crippen LogP contribution < -0.4 is 20.1 Å². The molecule has 0 bridgehead atoms. The van der Waals surface area contributed by atoms with E-state index in [1.807, 2.05) is 39.0 Å². The average molecular weight is 408 g/mol. The van der Waals surface area contributed by atoms with Crippen molar-refractivity contribution in [3.8, 4) is 11.5 Å². The van der Waals surface area contributed by atoms with Gasteiger partial charge in [-0.3, -0.25) is 9.69 Å². The molecule has 0 aromatic heterocycles. The highest BCUT2D eigenvalue weighted by Gasteiger charge is 2.24. The van der Waals surface area contributed by atoms with Crippen LogP contribution in [-0.4, -0.2) is 62.4 Å². The van der Waals surface area contributed by atoms with Gasteiger partial charge in [-0.15, -0.1) is 0 Å². The Morgan fingerprint density at radius 1 is 1.10 bits per heavy atom. The van der Waals surface area contributed by atoms with Crippen LogP contribution in [0.2, 0.25) is 0 Å². The van der Waals surface area contributed by atoms with Gasteiger partial charge in [-0.1, -0.05) is 6.07 Å². The minimum Gasteiger partial charge on any atom is -0.493 e. The van der Waals surface area contributed by atoms with Gasteiger partial charge in [0.1, 0.15) is 5.60 Å². The first-order valence-corrected chi connectivity index (χ1v) is 9.89.